The molecule has 15 heavy (non-hydrogen) atoms. The maximum Gasteiger partial charge on any atom is 0.138 e. The van der Waals surface area contributed by atoms with Crippen molar-refractivity contribution in [3.05, 3.63) is 28.8 Å². The summed E-state index contributed by atoms with van der Waals surface area (Å²) in [4.78, 5) is 0. The highest BCUT2D eigenvalue weighted by Crippen LogP contribution is 2.33. The van der Waals surface area contributed by atoms with Crippen LogP contribution in [-0.4, -0.2) is 13.2 Å². The molecule has 3 heteroatoms. The average Bonchev–Trinajstić information content (AvgIpc) is 3.03. The zero-order chi connectivity index (χ0) is 10.7. The molecule has 0 aliphatic heterocycles. The number of nitrogens with two attached hydrogens (primary N) is 1. The SMILES string of the molecule is NCCc1cccc(OCC2CC2)c1Cl. The summed E-state index contributed by atoms with van der Waals surface area (Å²) in [6.07, 6.45) is 3.39. The van der Waals surface area contributed by atoms with Crippen LogP contribution in [0.15, 0.2) is 18.2 Å². The minimum atomic E-state index is 0.617. The smallest absolute Gasteiger partial charge is 0.138 e. The first-order valence-electron chi connectivity index (χ1n) is 5.41. The summed E-state index contributed by atoms with van der Waals surface area (Å²) in [5.74, 6) is 1.55. The second kappa shape index (κ2) is 4.86. The van der Waals surface area contributed by atoms with Crippen LogP contribution >= 0.6 is 11.6 Å². The van der Waals surface area contributed by atoms with Crippen LogP contribution in [-0.2, 0) is 6.42 Å². The van der Waals surface area contributed by atoms with E-state index in [0.29, 0.717) is 6.54 Å². The van der Waals surface area contributed by atoms with Crippen molar-refractivity contribution in [2.45, 2.75) is 19.3 Å². The molecule has 1 saturated carbocycles. The fraction of sp³-hybridized carbons (Fsp3) is 0.500. The highest BCUT2D eigenvalue weighted by Gasteiger charge is 2.22. The molecule has 1 fully saturated rings. The molecule has 2 nitrogen and oxygen atoms in total. The van der Waals surface area contributed by atoms with Crippen LogP contribution in [0.2, 0.25) is 5.02 Å². The van der Waals surface area contributed by atoms with Crippen LogP contribution in [0.4, 0.5) is 0 Å². The number of ether oxygens (including phenoxy) is 1. The average molecular weight is 226 g/mol. The Morgan fingerprint density at radius 1 is 1.40 bits per heavy atom. The van der Waals surface area contributed by atoms with E-state index in [1.54, 1.807) is 0 Å². The van der Waals surface area contributed by atoms with E-state index in [9.17, 15) is 0 Å². The standard InChI is InChI=1S/C12H16ClNO/c13-12-10(6-7-14)2-1-3-11(12)15-8-9-4-5-9/h1-3,9H,4-8,14H2. The van der Waals surface area contributed by atoms with Gasteiger partial charge in [-0.3, -0.25) is 0 Å². The van der Waals surface area contributed by atoms with E-state index in [1.807, 2.05) is 18.2 Å². The molecule has 82 valence electrons. The minimum Gasteiger partial charge on any atom is -0.492 e. The second-order valence-corrected chi connectivity index (χ2v) is 4.40. The molecule has 0 radical (unpaired) electrons. The third-order valence-electron chi connectivity index (χ3n) is 2.63. The monoisotopic (exact) mass is 225 g/mol. The van der Waals surface area contributed by atoms with Crippen molar-refractivity contribution in [3.63, 3.8) is 0 Å². The zero-order valence-corrected chi connectivity index (χ0v) is 9.46. The van der Waals surface area contributed by atoms with Gasteiger partial charge in [0.1, 0.15) is 5.75 Å². The van der Waals surface area contributed by atoms with Crippen molar-refractivity contribution in [1.82, 2.24) is 0 Å². The lowest BCUT2D eigenvalue weighted by Gasteiger charge is -2.10. The largest absolute Gasteiger partial charge is 0.492 e. The highest BCUT2D eigenvalue weighted by molar-refractivity contribution is 6.32. The van der Waals surface area contributed by atoms with Gasteiger partial charge in [0.05, 0.1) is 11.6 Å². The Balaban J connectivity index is 2.04. The molecular weight excluding hydrogens is 210 g/mol. The minimum absolute atomic E-state index is 0.617. The van der Waals surface area contributed by atoms with Gasteiger partial charge < -0.3 is 10.5 Å². The summed E-state index contributed by atoms with van der Waals surface area (Å²) in [6.45, 7) is 1.41. The number of hydrogen-bond acceptors (Lipinski definition) is 2. The Kier molecular flexibility index (Phi) is 3.49. The Morgan fingerprint density at radius 3 is 2.87 bits per heavy atom. The molecule has 0 amide bonds. The summed E-state index contributed by atoms with van der Waals surface area (Å²) in [6, 6.07) is 5.89. The molecule has 1 aromatic carbocycles. The summed E-state index contributed by atoms with van der Waals surface area (Å²) in [5.41, 5.74) is 6.59. The summed E-state index contributed by atoms with van der Waals surface area (Å²) >= 11 is 6.21. The molecule has 0 unspecified atom stereocenters. The highest BCUT2D eigenvalue weighted by atomic mass is 35.5. The van der Waals surface area contributed by atoms with Gasteiger partial charge in [-0.2, -0.15) is 0 Å². The molecule has 0 atom stereocenters. The van der Waals surface area contributed by atoms with Crippen molar-refractivity contribution in [1.29, 1.82) is 0 Å². The summed E-state index contributed by atoms with van der Waals surface area (Å²) in [7, 11) is 0. The quantitative estimate of drug-likeness (QED) is 0.836. The van der Waals surface area contributed by atoms with Crippen molar-refractivity contribution in [3.8, 4) is 5.75 Å². The zero-order valence-electron chi connectivity index (χ0n) is 8.71. The van der Waals surface area contributed by atoms with Gasteiger partial charge in [0.25, 0.3) is 0 Å². The van der Waals surface area contributed by atoms with Crippen LogP contribution in [0.3, 0.4) is 0 Å². The molecule has 0 heterocycles. The summed E-state index contributed by atoms with van der Waals surface area (Å²) < 4.78 is 5.67. The summed E-state index contributed by atoms with van der Waals surface area (Å²) in [5, 5.41) is 0.726. The van der Waals surface area contributed by atoms with E-state index in [0.717, 1.165) is 35.3 Å². The van der Waals surface area contributed by atoms with E-state index >= 15 is 0 Å². The number of benzene rings is 1. The predicted molar refractivity (Wildman–Crippen MR) is 62.4 cm³/mol. The third-order valence-corrected chi connectivity index (χ3v) is 3.06. The first-order chi connectivity index (χ1) is 7.31. The first-order valence-corrected chi connectivity index (χ1v) is 5.79. The van der Waals surface area contributed by atoms with Gasteiger partial charge in [-0.1, -0.05) is 23.7 Å². The van der Waals surface area contributed by atoms with Gasteiger partial charge in [0.15, 0.2) is 0 Å². The lowest BCUT2D eigenvalue weighted by atomic mass is 10.1. The molecule has 2 N–H and O–H groups in total. The normalized spacial score (nSPS) is 15.3. The van der Waals surface area contributed by atoms with E-state index in [1.165, 1.54) is 12.8 Å². The van der Waals surface area contributed by atoms with Gasteiger partial charge >= 0.3 is 0 Å². The van der Waals surface area contributed by atoms with Gasteiger partial charge in [-0.15, -0.1) is 0 Å². The van der Waals surface area contributed by atoms with Crippen molar-refractivity contribution in [2.75, 3.05) is 13.2 Å². The number of hydrogen-bond donors (Lipinski definition) is 1. The Labute approximate surface area is 95.4 Å². The Bertz CT molecular complexity index is 336. The van der Waals surface area contributed by atoms with Gasteiger partial charge in [0, 0.05) is 0 Å². The van der Waals surface area contributed by atoms with Crippen LogP contribution in [0.5, 0.6) is 5.75 Å². The maximum absolute atomic E-state index is 6.21. The maximum atomic E-state index is 6.21. The molecule has 2 rings (SSSR count). The van der Waals surface area contributed by atoms with Gasteiger partial charge in [-0.05, 0) is 43.4 Å². The van der Waals surface area contributed by atoms with E-state index in [2.05, 4.69) is 0 Å². The molecule has 0 saturated heterocycles. The lowest BCUT2D eigenvalue weighted by Crippen LogP contribution is -2.05. The van der Waals surface area contributed by atoms with Crippen LogP contribution < -0.4 is 10.5 Å². The van der Waals surface area contributed by atoms with Crippen molar-refractivity contribution >= 4 is 11.6 Å². The number of halogens is 1. The lowest BCUT2D eigenvalue weighted by molar-refractivity contribution is 0.299. The molecular formula is C12H16ClNO. The molecule has 0 aromatic heterocycles. The van der Waals surface area contributed by atoms with Crippen molar-refractivity contribution in [2.24, 2.45) is 11.7 Å². The van der Waals surface area contributed by atoms with Crippen molar-refractivity contribution < 1.29 is 4.74 Å². The van der Waals surface area contributed by atoms with Crippen LogP contribution in [0.25, 0.3) is 0 Å². The van der Waals surface area contributed by atoms with Crippen LogP contribution in [0.1, 0.15) is 18.4 Å². The third kappa shape index (κ3) is 2.86. The first kappa shape index (κ1) is 10.8. The number of rotatable bonds is 5. The topological polar surface area (TPSA) is 35.2 Å². The van der Waals surface area contributed by atoms with Gasteiger partial charge in [0.2, 0.25) is 0 Å². The fourth-order valence-corrected chi connectivity index (χ4v) is 1.78. The second-order valence-electron chi connectivity index (χ2n) is 4.02. The Morgan fingerprint density at radius 2 is 2.20 bits per heavy atom. The molecule has 1 aliphatic rings. The van der Waals surface area contributed by atoms with Crippen LogP contribution in [0, 0.1) is 5.92 Å². The van der Waals surface area contributed by atoms with E-state index < -0.39 is 0 Å². The van der Waals surface area contributed by atoms with E-state index in [-0.39, 0.29) is 0 Å². The molecule has 1 aliphatic carbocycles. The Hall–Kier alpha value is -0.730. The molecule has 0 spiro atoms. The molecule has 1 aromatic rings. The molecule has 0 bridgehead atoms. The van der Waals surface area contributed by atoms with Gasteiger partial charge in [-0.25, -0.2) is 0 Å². The van der Waals surface area contributed by atoms with E-state index in [4.69, 9.17) is 22.1 Å². The predicted octanol–water partition coefficient (Wildman–Crippen LogP) is 2.63. The fourth-order valence-electron chi connectivity index (χ4n) is 1.51.